The van der Waals surface area contributed by atoms with Crippen LogP contribution in [0.25, 0.3) is 10.8 Å². The molecule has 2 N–H and O–H groups in total. The first-order valence-electron chi connectivity index (χ1n) is 9.25. The normalized spacial score (nSPS) is 12.6. The summed E-state index contributed by atoms with van der Waals surface area (Å²) in [6.07, 6.45) is 0. The van der Waals surface area contributed by atoms with E-state index in [4.69, 9.17) is 4.74 Å². The molecule has 0 radical (unpaired) electrons. The molecule has 0 unspecified atom stereocenters. The number of ether oxygens (including phenoxy) is 1. The first-order chi connectivity index (χ1) is 14.5. The summed E-state index contributed by atoms with van der Waals surface area (Å²) in [7, 11) is -3.95. The van der Waals surface area contributed by atoms with E-state index in [1.165, 1.54) is 6.07 Å². The highest BCUT2D eigenvalue weighted by molar-refractivity contribution is 7.93. The number of nitrogens with one attached hydrogen (secondary N) is 2. The number of anilines is 2. The van der Waals surface area contributed by atoms with Crippen molar-refractivity contribution in [3.63, 3.8) is 0 Å². The van der Waals surface area contributed by atoms with Gasteiger partial charge in [-0.1, -0.05) is 42.5 Å². The van der Waals surface area contributed by atoms with E-state index in [9.17, 15) is 13.2 Å². The average molecular weight is 416 g/mol. The van der Waals surface area contributed by atoms with Gasteiger partial charge in [-0.2, -0.15) is 0 Å². The molecule has 4 aromatic rings. The first-order valence-corrected chi connectivity index (χ1v) is 10.7. The Kier molecular flexibility index (Phi) is 4.18. The fourth-order valence-corrected chi connectivity index (χ4v) is 4.83. The summed E-state index contributed by atoms with van der Waals surface area (Å²) in [6.45, 7) is 0. The molecule has 148 valence electrons. The van der Waals surface area contributed by atoms with Crippen LogP contribution in [0.4, 0.5) is 11.4 Å². The lowest BCUT2D eigenvalue weighted by atomic mass is 10.1. The molecule has 0 aliphatic carbocycles. The smallest absolute Gasteiger partial charge is 0.262 e. The Balaban J connectivity index is 1.56. The largest absolute Gasteiger partial charge is 0.455 e. The van der Waals surface area contributed by atoms with Gasteiger partial charge >= 0.3 is 0 Å². The van der Waals surface area contributed by atoms with E-state index in [-0.39, 0.29) is 10.8 Å². The highest BCUT2D eigenvalue weighted by Crippen LogP contribution is 2.38. The Morgan fingerprint density at radius 2 is 1.57 bits per heavy atom. The van der Waals surface area contributed by atoms with E-state index in [2.05, 4.69) is 10.0 Å². The van der Waals surface area contributed by atoms with Crippen molar-refractivity contribution >= 4 is 38.1 Å². The summed E-state index contributed by atoms with van der Waals surface area (Å²) in [5, 5.41) is 3.86. The monoisotopic (exact) mass is 416 g/mol. The number of benzene rings is 4. The number of amides is 1. The molecule has 4 aromatic carbocycles. The van der Waals surface area contributed by atoms with Crippen LogP contribution in [0.3, 0.4) is 0 Å². The molecule has 1 aliphatic heterocycles. The summed E-state index contributed by atoms with van der Waals surface area (Å²) in [5.41, 5.74) is 1.39. The summed E-state index contributed by atoms with van der Waals surface area (Å²) in [4.78, 5) is 12.2. The third kappa shape index (κ3) is 3.05. The molecular formula is C23H16N2O4S. The maximum atomic E-state index is 13.3. The predicted octanol–water partition coefficient (Wildman–Crippen LogP) is 5.00. The van der Waals surface area contributed by atoms with Gasteiger partial charge in [0.25, 0.3) is 15.9 Å². The minimum absolute atomic E-state index is 0.0918. The van der Waals surface area contributed by atoms with Crippen molar-refractivity contribution in [2.45, 2.75) is 4.90 Å². The van der Waals surface area contributed by atoms with Gasteiger partial charge in [-0.05, 0) is 42.5 Å². The molecule has 1 heterocycles. The maximum Gasteiger partial charge on any atom is 0.262 e. The zero-order valence-corrected chi connectivity index (χ0v) is 16.4. The van der Waals surface area contributed by atoms with E-state index in [0.717, 1.165) is 0 Å². The summed E-state index contributed by atoms with van der Waals surface area (Å²) in [6, 6.07) is 24.1. The highest BCUT2D eigenvalue weighted by Gasteiger charge is 2.26. The summed E-state index contributed by atoms with van der Waals surface area (Å²) in [5.74, 6) is 0.744. The van der Waals surface area contributed by atoms with Gasteiger partial charge in [0.05, 0.1) is 10.6 Å². The predicted molar refractivity (Wildman–Crippen MR) is 116 cm³/mol. The van der Waals surface area contributed by atoms with Crippen molar-refractivity contribution in [2.75, 3.05) is 10.0 Å². The SMILES string of the molecule is O=C1Nc2ccc(S(=O)(=O)Nc3ccccc3Oc3ccccc3)c3cccc1c23. The van der Waals surface area contributed by atoms with Crippen LogP contribution in [-0.2, 0) is 10.0 Å². The molecule has 1 aliphatic rings. The van der Waals surface area contributed by atoms with Crippen LogP contribution in [0.15, 0.2) is 89.8 Å². The number of carbonyl (C=O) groups excluding carboxylic acids is 1. The lowest BCUT2D eigenvalue weighted by Crippen LogP contribution is -2.14. The Hall–Kier alpha value is -3.84. The van der Waals surface area contributed by atoms with Crippen molar-refractivity contribution in [3.05, 3.63) is 90.5 Å². The number of para-hydroxylation sites is 3. The van der Waals surface area contributed by atoms with Crippen molar-refractivity contribution in [3.8, 4) is 11.5 Å². The molecule has 0 spiro atoms. The van der Waals surface area contributed by atoms with Crippen LogP contribution in [0, 0.1) is 0 Å². The number of rotatable bonds is 5. The molecule has 5 rings (SSSR count). The summed E-state index contributed by atoms with van der Waals surface area (Å²) >= 11 is 0. The van der Waals surface area contributed by atoms with E-state index >= 15 is 0 Å². The average Bonchev–Trinajstić information content (AvgIpc) is 3.07. The second kappa shape index (κ2) is 6.89. The second-order valence-corrected chi connectivity index (χ2v) is 8.46. The van der Waals surface area contributed by atoms with Gasteiger partial charge in [-0.3, -0.25) is 9.52 Å². The van der Waals surface area contributed by atoms with Crippen molar-refractivity contribution in [1.29, 1.82) is 0 Å². The van der Waals surface area contributed by atoms with Crippen molar-refractivity contribution in [1.82, 2.24) is 0 Å². The zero-order chi connectivity index (χ0) is 20.7. The van der Waals surface area contributed by atoms with Gasteiger partial charge in [-0.25, -0.2) is 8.42 Å². The Bertz CT molecular complexity index is 1400. The third-order valence-corrected chi connectivity index (χ3v) is 6.31. The van der Waals surface area contributed by atoms with Gasteiger partial charge in [0.15, 0.2) is 5.75 Å². The first kappa shape index (κ1) is 18.2. The molecule has 30 heavy (non-hydrogen) atoms. The Morgan fingerprint density at radius 3 is 2.40 bits per heavy atom. The molecule has 0 saturated heterocycles. The third-order valence-electron chi connectivity index (χ3n) is 4.89. The van der Waals surface area contributed by atoms with Gasteiger partial charge in [-0.15, -0.1) is 0 Å². The van der Waals surface area contributed by atoms with Crippen LogP contribution in [0.2, 0.25) is 0 Å². The molecule has 0 fully saturated rings. The lowest BCUT2D eigenvalue weighted by molar-refractivity contribution is 0.103. The Labute approximate surface area is 173 Å². The van der Waals surface area contributed by atoms with E-state index in [0.29, 0.717) is 39.2 Å². The van der Waals surface area contributed by atoms with Crippen LogP contribution in [0.5, 0.6) is 11.5 Å². The van der Waals surface area contributed by atoms with Gasteiger partial charge in [0.2, 0.25) is 0 Å². The number of hydrogen-bond donors (Lipinski definition) is 2. The molecule has 0 atom stereocenters. The minimum atomic E-state index is -3.95. The van der Waals surface area contributed by atoms with Crippen LogP contribution < -0.4 is 14.8 Å². The van der Waals surface area contributed by atoms with E-state index in [1.54, 1.807) is 60.7 Å². The summed E-state index contributed by atoms with van der Waals surface area (Å²) < 4.78 is 35.0. The fraction of sp³-hybridized carbons (Fsp3) is 0. The second-order valence-electron chi connectivity index (χ2n) is 6.81. The molecule has 7 heteroatoms. The highest BCUT2D eigenvalue weighted by atomic mass is 32.2. The molecule has 6 nitrogen and oxygen atoms in total. The lowest BCUT2D eigenvalue weighted by Gasteiger charge is -2.15. The van der Waals surface area contributed by atoms with Gasteiger partial charge < -0.3 is 10.1 Å². The van der Waals surface area contributed by atoms with Crippen LogP contribution in [0.1, 0.15) is 10.4 Å². The molecule has 0 saturated carbocycles. The number of sulfonamides is 1. The van der Waals surface area contributed by atoms with E-state index < -0.39 is 10.0 Å². The molecule has 1 amide bonds. The van der Waals surface area contributed by atoms with E-state index in [1.807, 2.05) is 18.2 Å². The molecule has 0 aromatic heterocycles. The molecular weight excluding hydrogens is 400 g/mol. The Morgan fingerprint density at radius 1 is 0.800 bits per heavy atom. The van der Waals surface area contributed by atoms with Crippen LogP contribution in [-0.4, -0.2) is 14.3 Å². The van der Waals surface area contributed by atoms with Crippen molar-refractivity contribution < 1.29 is 17.9 Å². The fourth-order valence-electron chi connectivity index (χ4n) is 3.55. The van der Waals surface area contributed by atoms with Gasteiger partial charge in [0, 0.05) is 22.0 Å². The maximum absolute atomic E-state index is 13.3. The molecule has 0 bridgehead atoms. The van der Waals surface area contributed by atoms with Crippen molar-refractivity contribution in [2.24, 2.45) is 0 Å². The standard InChI is InChI=1S/C23H16N2O4S/c26-23-17-10-6-9-16-21(14-13-19(24-23)22(16)17)30(27,28)25-18-11-4-5-12-20(18)29-15-7-2-1-3-8-15/h1-14,25H,(H,24,26). The van der Waals surface area contributed by atoms with Gasteiger partial charge in [0.1, 0.15) is 5.75 Å². The minimum Gasteiger partial charge on any atom is -0.455 e. The number of hydrogen-bond acceptors (Lipinski definition) is 4. The number of carbonyl (C=O) groups is 1. The van der Waals surface area contributed by atoms with Crippen LogP contribution >= 0.6 is 0 Å². The zero-order valence-electron chi connectivity index (χ0n) is 15.6. The quantitative estimate of drug-likeness (QED) is 0.480. The topological polar surface area (TPSA) is 84.5 Å².